The highest BCUT2D eigenvalue weighted by atomic mass is 16.6. The number of ether oxygens (including phenoxy) is 3. The molecule has 0 fully saturated rings. The highest BCUT2D eigenvalue weighted by Crippen LogP contribution is 2.26. The third-order valence-electron chi connectivity index (χ3n) is 3.92. The van der Waals surface area contributed by atoms with Crippen molar-refractivity contribution in [1.29, 1.82) is 0 Å². The van der Waals surface area contributed by atoms with Crippen LogP contribution in [0.3, 0.4) is 0 Å². The molecule has 0 saturated carbocycles. The molecule has 0 aliphatic carbocycles. The van der Waals surface area contributed by atoms with E-state index in [2.05, 4.69) is 13.8 Å². The lowest BCUT2D eigenvalue weighted by Crippen LogP contribution is -2.24. The largest absolute Gasteiger partial charge is 0.459 e. The van der Waals surface area contributed by atoms with E-state index in [1.165, 1.54) is 6.42 Å². The van der Waals surface area contributed by atoms with Gasteiger partial charge < -0.3 is 14.2 Å². The minimum Gasteiger partial charge on any atom is -0.459 e. The van der Waals surface area contributed by atoms with Crippen molar-refractivity contribution in [3.8, 4) is 0 Å². The van der Waals surface area contributed by atoms with E-state index in [4.69, 9.17) is 14.2 Å². The van der Waals surface area contributed by atoms with Gasteiger partial charge in [-0.1, -0.05) is 54.0 Å². The molecule has 5 nitrogen and oxygen atoms in total. The maximum atomic E-state index is 12.6. The Bertz CT molecular complexity index is 616. The zero-order valence-electron chi connectivity index (χ0n) is 19.0. The monoisotopic (exact) mass is 394 g/mol. The van der Waals surface area contributed by atoms with Gasteiger partial charge in [0.15, 0.2) is 0 Å². The number of rotatable bonds is 7. The molecule has 0 radical (unpaired) electrons. The van der Waals surface area contributed by atoms with E-state index in [-0.39, 0.29) is 29.3 Å². The molecule has 0 N–H and O–H groups in total. The number of methoxy groups -OCH3 is 1. The lowest BCUT2D eigenvalue weighted by atomic mass is 9.85. The van der Waals surface area contributed by atoms with Gasteiger partial charge in [-0.15, -0.1) is 0 Å². The molecule has 160 valence electrons. The van der Waals surface area contributed by atoms with Gasteiger partial charge in [0.05, 0.1) is 23.8 Å². The smallest absolute Gasteiger partial charge is 0.339 e. The Morgan fingerprint density at radius 1 is 0.929 bits per heavy atom. The number of esters is 2. The molecule has 5 heteroatoms. The number of hydrogen-bond donors (Lipinski definition) is 0. The number of carbonyl (C=O) groups excluding carboxylic acids is 2. The van der Waals surface area contributed by atoms with Gasteiger partial charge in [-0.05, 0) is 43.4 Å². The third kappa shape index (κ3) is 8.87. The molecule has 0 aromatic heterocycles. The quantitative estimate of drug-likeness (QED) is 0.568. The summed E-state index contributed by atoms with van der Waals surface area (Å²) in [5.74, 6) is -1.06. The second kappa shape index (κ2) is 12.6. The van der Waals surface area contributed by atoms with E-state index in [0.717, 1.165) is 5.56 Å². The highest BCUT2D eigenvalue weighted by Gasteiger charge is 2.25. The molecule has 1 rings (SSSR count). The van der Waals surface area contributed by atoms with E-state index in [1.54, 1.807) is 26.2 Å². The third-order valence-corrected chi connectivity index (χ3v) is 3.92. The second-order valence-electron chi connectivity index (χ2n) is 8.01. The Kier molecular flexibility index (Phi) is 11.7. The van der Waals surface area contributed by atoms with Crippen molar-refractivity contribution < 1.29 is 23.8 Å². The Labute approximate surface area is 170 Å². The van der Waals surface area contributed by atoms with Crippen molar-refractivity contribution in [2.24, 2.45) is 0 Å². The van der Waals surface area contributed by atoms with Crippen molar-refractivity contribution in [3.63, 3.8) is 0 Å². The topological polar surface area (TPSA) is 61.8 Å². The van der Waals surface area contributed by atoms with Crippen LogP contribution in [-0.4, -0.2) is 37.9 Å². The number of benzene rings is 1. The molecule has 0 spiro atoms. The van der Waals surface area contributed by atoms with Crippen LogP contribution in [0.1, 0.15) is 94.5 Å². The van der Waals surface area contributed by atoms with Crippen molar-refractivity contribution >= 4 is 11.9 Å². The van der Waals surface area contributed by atoms with Gasteiger partial charge in [-0.2, -0.15) is 0 Å². The summed E-state index contributed by atoms with van der Waals surface area (Å²) in [6, 6.07) is 5.21. The van der Waals surface area contributed by atoms with Crippen LogP contribution in [0.4, 0.5) is 0 Å². The van der Waals surface area contributed by atoms with Crippen LogP contribution in [0.15, 0.2) is 18.2 Å². The zero-order valence-corrected chi connectivity index (χ0v) is 19.0. The fourth-order valence-electron chi connectivity index (χ4n) is 2.20. The van der Waals surface area contributed by atoms with Crippen molar-refractivity contribution in [3.05, 3.63) is 34.9 Å². The van der Waals surface area contributed by atoms with Gasteiger partial charge in [0.1, 0.15) is 6.10 Å². The Balaban J connectivity index is 0.00000227. The maximum absolute atomic E-state index is 12.6. The van der Waals surface area contributed by atoms with E-state index >= 15 is 0 Å². The lowest BCUT2D eigenvalue weighted by molar-refractivity contribution is 0.0111. The minimum absolute atomic E-state index is 0.160. The van der Waals surface area contributed by atoms with Gasteiger partial charge in [0.2, 0.25) is 0 Å². The molecular formula is C23H38O5. The summed E-state index contributed by atoms with van der Waals surface area (Å²) in [5, 5.41) is 0. The molecule has 0 heterocycles. The average Bonchev–Trinajstić information content (AvgIpc) is 2.61. The first kappa shape index (κ1) is 26.1. The van der Waals surface area contributed by atoms with Crippen LogP contribution in [0.5, 0.6) is 0 Å². The molecule has 1 aromatic rings. The standard InChI is InChI=1S/C20H30O5.C3H8/c1-8-13(2)24-18(21)16-10-9-15(20(4,5)6)11-17(16)19(22)25-14(3)12-23-7;1-3-2/h9-11,13-14H,8,12H2,1-7H3;3H2,1-2H3. The fourth-order valence-corrected chi connectivity index (χ4v) is 2.20. The van der Waals surface area contributed by atoms with Crippen molar-refractivity contribution in [1.82, 2.24) is 0 Å². The summed E-state index contributed by atoms with van der Waals surface area (Å²) in [6.07, 6.45) is 1.33. The van der Waals surface area contributed by atoms with Gasteiger partial charge in [0.25, 0.3) is 0 Å². The summed E-state index contributed by atoms with van der Waals surface area (Å²) in [7, 11) is 1.54. The summed E-state index contributed by atoms with van der Waals surface area (Å²) >= 11 is 0. The first-order valence-corrected chi connectivity index (χ1v) is 10.1. The molecule has 0 saturated heterocycles. The van der Waals surface area contributed by atoms with E-state index in [1.807, 2.05) is 40.7 Å². The summed E-state index contributed by atoms with van der Waals surface area (Å²) in [5.41, 5.74) is 1.23. The highest BCUT2D eigenvalue weighted by molar-refractivity contribution is 6.03. The zero-order chi connectivity index (χ0) is 21.9. The first-order valence-electron chi connectivity index (χ1n) is 10.1. The van der Waals surface area contributed by atoms with Crippen molar-refractivity contribution in [2.75, 3.05) is 13.7 Å². The Morgan fingerprint density at radius 3 is 1.89 bits per heavy atom. The SMILES string of the molecule is CCC.CCC(C)OC(=O)c1ccc(C(C)(C)C)cc1C(=O)OC(C)COC. The normalized spacial score (nSPS) is 13.0. The van der Waals surface area contributed by atoms with Crippen LogP contribution in [0.25, 0.3) is 0 Å². The Morgan fingerprint density at radius 2 is 1.43 bits per heavy atom. The molecule has 0 aliphatic heterocycles. The maximum Gasteiger partial charge on any atom is 0.339 e. The molecule has 2 unspecified atom stereocenters. The molecule has 2 atom stereocenters. The molecular weight excluding hydrogens is 356 g/mol. The molecule has 0 amide bonds. The van der Waals surface area contributed by atoms with Crippen LogP contribution in [0.2, 0.25) is 0 Å². The number of carbonyl (C=O) groups is 2. The number of hydrogen-bond acceptors (Lipinski definition) is 5. The molecule has 0 bridgehead atoms. The predicted molar refractivity (Wildman–Crippen MR) is 113 cm³/mol. The van der Waals surface area contributed by atoms with Crippen molar-refractivity contribution in [2.45, 2.75) is 85.9 Å². The van der Waals surface area contributed by atoms with Crippen LogP contribution in [-0.2, 0) is 19.6 Å². The fraction of sp³-hybridized carbons (Fsp3) is 0.652. The van der Waals surface area contributed by atoms with Gasteiger partial charge >= 0.3 is 11.9 Å². The Hall–Kier alpha value is -1.88. The van der Waals surface area contributed by atoms with Gasteiger partial charge in [-0.25, -0.2) is 9.59 Å². The predicted octanol–water partition coefficient (Wildman–Crippen LogP) is 5.55. The summed E-state index contributed by atoms with van der Waals surface area (Å²) in [6.45, 7) is 16.2. The van der Waals surface area contributed by atoms with Crippen LogP contribution in [0, 0.1) is 0 Å². The average molecular weight is 395 g/mol. The molecule has 28 heavy (non-hydrogen) atoms. The van der Waals surface area contributed by atoms with Gasteiger partial charge in [-0.3, -0.25) is 0 Å². The lowest BCUT2D eigenvalue weighted by Gasteiger charge is -2.22. The minimum atomic E-state index is -0.549. The van der Waals surface area contributed by atoms with Crippen LogP contribution < -0.4 is 0 Å². The molecule has 0 aliphatic rings. The van der Waals surface area contributed by atoms with Gasteiger partial charge in [0, 0.05) is 7.11 Å². The van der Waals surface area contributed by atoms with E-state index in [9.17, 15) is 9.59 Å². The summed E-state index contributed by atoms with van der Waals surface area (Å²) in [4.78, 5) is 25.1. The summed E-state index contributed by atoms with van der Waals surface area (Å²) < 4.78 is 15.8. The van der Waals surface area contributed by atoms with E-state index in [0.29, 0.717) is 6.42 Å². The molecule has 1 aromatic carbocycles. The second-order valence-corrected chi connectivity index (χ2v) is 8.01. The first-order chi connectivity index (χ1) is 13.0. The van der Waals surface area contributed by atoms with E-state index < -0.39 is 18.0 Å². The van der Waals surface area contributed by atoms with Crippen LogP contribution >= 0.6 is 0 Å².